The number of methoxy groups -OCH3 is 2. The van der Waals surface area contributed by atoms with E-state index in [1.165, 1.54) is 21.5 Å². The molecule has 10 nitrogen and oxygen atoms in total. The maximum Gasteiger partial charge on any atom is 0.509 e. The van der Waals surface area contributed by atoms with E-state index in [1.54, 1.807) is 59.6 Å². The van der Waals surface area contributed by atoms with Gasteiger partial charge in [0.2, 0.25) is 0 Å². The first-order valence-corrected chi connectivity index (χ1v) is 27.3. The molecule has 10 aromatic rings. The van der Waals surface area contributed by atoms with E-state index in [9.17, 15) is 0 Å². The summed E-state index contributed by atoms with van der Waals surface area (Å²) in [5, 5.41) is 17.2. The SMILES string of the molecule is CCOCOc1c(-n2c3ccccc3c3ccccc32)csc1-c1cscc1OC.CCOCOc1c(-n2c3ccccc3c3ccccc32)csc1B1OC(C)(C)C(C)(C)O1.COc1cscc1Br. The van der Waals surface area contributed by atoms with Crippen molar-refractivity contribution in [3.05, 3.63) is 134 Å². The highest BCUT2D eigenvalue weighted by molar-refractivity contribution is 9.10. The number of nitrogens with zero attached hydrogens (tertiary/aromatic N) is 2. The second-order valence-electron chi connectivity index (χ2n) is 17.1. The first-order chi connectivity index (χ1) is 34.0. The van der Waals surface area contributed by atoms with Crippen LogP contribution in [0.25, 0.3) is 65.4 Å². The lowest BCUT2D eigenvalue weighted by Gasteiger charge is -2.32. The zero-order chi connectivity index (χ0) is 49.0. The smallest absolute Gasteiger partial charge is 0.495 e. The number of halogens is 1. The van der Waals surface area contributed by atoms with E-state index in [1.807, 2.05) is 30.0 Å². The Morgan fingerprint density at radius 1 is 0.543 bits per heavy atom. The molecular weight excluding hydrogens is 1020 g/mol. The van der Waals surface area contributed by atoms with Gasteiger partial charge in [0.1, 0.15) is 17.2 Å². The fraction of sp³-hybridized carbons (Fsp3) is 0.259. The Kier molecular flexibility index (Phi) is 15.4. The van der Waals surface area contributed by atoms with Crippen LogP contribution < -0.4 is 23.7 Å². The molecule has 0 radical (unpaired) electrons. The summed E-state index contributed by atoms with van der Waals surface area (Å²) in [6, 6.07) is 33.9. The van der Waals surface area contributed by atoms with Crippen LogP contribution in [0.2, 0.25) is 0 Å². The van der Waals surface area contributed by atoms with Gasteiger partial charge in [-0.1, -0.05) is 72.8 Å². The van der Waals surface area contributed by atoms with E-state index in [2.05, 4.69) is 166 Å². The summed E-state index contributed by atoms with van der Waals surface area (Å²) >= 11 is 9.81. The van der Waals surface area contributed by atoms with Crippen LogP contribution in [-0.2, 0) is 18.8 Å². The molecule has 6 aromatic heterocycles. The monoisotopic (exact) mass is 1080 g/mol. The van der Waals surface area contributed by atoms with Crippen molar-refractivity contribution in [3.8, 4) is 44.8 Å². The maximum atomic E-state index is 6.36. The van der Waals surface area contributed by atoms with E-state index in [0.29, 0.717) is 13.2 Å². The molecule has 0 amide bonds. The van der Waals surface area contributed by atoms with Crippen molar-refractivity contribution in [3.63, 3.8) is 0 Å². The zero-order valence-electron chi connectivity index (χ0n) is 40.3. The van der Waals surface area contributed by atoms with Gasteiger partial charge in [-0.3, -0.25) is 0 Å². The molecule has 16 heteroatoms. The van der Waals surface area contributed by atoms with Gasteiger partial charge in [-0.2, -0.15) is 0 Å². The van der Waals surface area contributed by atoms with Crippen molar-refractivity contribution >= 4 is 117 Å². The molecule has 1 aliphatic heterocycles. The van der Waals surface area contributed by atoms with E-state index < -0.39 is 18.3 Å². The molecule has 70 heavy (non-hydrogen) atoms. The third kappa shape index (κ3) is 9.65. The number of aromatic nitrogens is 2. The maximum absolute atomic E-state index is 6.36. The fourth-order valence-electron chi connectivity index (χ4n) is 8.34. The highest BCUT2D eigenvalue weighted by Gasteiger charge is 2.53. The minimum atomic E-state index is -0.497. The molecule has 0 atom stereocenters. The molecule has 0 aliphatic carbocycles. The highest BCUT2D eigenvalue weighted by atomic mass is 79.9. The van der Waals surface area contributed by atoms with Gasteiger partial charge in [-0.05, 0) is 81.7 Å². The molecule has 0 saturated carbocycles. The quantitative estimate of drug-likeness (QED) is 0.0605. The molecule has 1 fully saturated rings. The number of para-hydroxylation sites is 4. The molecule has 0 spiro atoms. The second-order valence-corrected chi connectivity index (χ2v) is 21.2. The second kappa shape index (κ2) is 21.7. The zero-order valence-corrected chi connectivity index (χ0v) is 45.1. The Hall–Kier alpha value is -5.14. The third-order valence-corrected chi connectivity index (χ3v) is 16.8. The number of fused-ring (bicyclic) bond motifs is 6. The molecule has 1 aliphatic rings. The highest BCUT2D eigenvalue weighted by Crippen LogP contribution is 2.48. The molecule has 11 rings (SSSR count). The van der Waals surface area contributed by atoms with Gasteiger partial charge in [-0.25, -0.2) is 0 Å². The van der Waals surface area contributed by atoms with E-state index in [0.717, 1.165) is 76.1 Å². The number of thiophene rings is 4. The number of benzene rings is 4. The van der Waals surface area contributed by atoms with E-state index in [4.69, 9.17) is 37.7 Å². The van der Waals surface area contributed by atoms with Crippen molar-refractivity contribution in [2.75, 3.05) is 41.0 Å². The summed E-state index contributed by atoms with van der Waals surface area (Å²) in [6.45, 7) is 13.7. The lowest BCUT2D eigenvalue weighted by Crippen LogP contribution is -2.41. The standard InChI is InChI=1S/C25H28BNO4S.C24H21NO3S2.C5H5BrOS/c1-6-28-16-29-22-21(15-32-23(22)26-30-24(2,3)25(4,5)31-26)27-19-13-9-7-11-17(19)18-12-8-10-14-20(18)27;1-3-27-15-28-23-21(13-30-24(23)18-12-29-14-22(18)26-2)25-19-10-6-4-8-16(19)17-9-5-7-11-20(17)25;1-7-5-3-8-2-4(5)6/h7-15H,6,16H2,1-5H3;4-14H,3,15H2,1-2H3;2-3H,1H3. The molecule has 0 unspecified atom stereocenters. The van der Waals surface area contributed by atoms with Crippen molar-refractivity contribution in [1.82, 2.24) is 9.13 Å². The molecule has 362 valence electrons. The van der Waals surface area contributed by atoms with E-state index in [-0.39, 0.29) is 13.6 Å². The Morgan fingerprint density at radius 2 is 0.971 bits per heavy atom. The summed E-state index contributed by atoms with van der Waals surface area (Å²) in [5.74, 6) is 3.33. The summed E-state index contributed by atoms with van der Waals surface area (Å²) in [5.41, 5.74) is 6.75. The molecule has 1 saturated heterocycles. The summed E-state index contributed by atoms with van der Waals surface area (Å²) in [7, 11) is 2.86. The van der Waals surface area contributed by atoms with Crippen LogP contribution in [0, 0.1) is 0 Å². The summed E-state index contributed by atoms with van der Waals surface area (Å²) in [6.07, 6.45) is 0. The van der Waals surface area contributed by atoms with Gasteiger partial charge in [0.05, 0.1) is 67.3 Å². The van der Waals surface area contributed by atoms with Crippen molar-refractivity contribution in [2.24, 2.45) is 0 Å². The van der Waals surface area contributed by atoms with Crippen LogP contribution in [0.15, 0.2) is 134 Å². The van der Waals surface area contributed by atoms with Gasteiger partial charge in [0.25, 0.3) is 0 Å². The van der Waals surface area contributed by atoms with Crippen molar-refractivity contribution in [2.45, 2.75) is 52.7 Å². The third-order valence-electron chi connectivity index (χ3n) is 12.5. The number of hydrogen-bond acceptors (Lipinski definition) is 12. The van der Waals surface area contributed by atoms with Crippen LogP contribution in [0.1, 0.15) is 41.5 Å². The van der Waals surface area contributed by atoms with Crippen molar-refractivity contribution in [1.29, 1.82) is 0 Å². The van der Waals surface area contributed by atoms with Crippen LogP contribution >= 0.6 is 61.3 Å². The average Bonchev–Trinajstić information content (AvgIpc) is 4.25. The number of hydrogen-bond donors (Lipinski definition) is 0. The molecule has 7 heterocycles. The number of ether oxygens (including phenoxy) is 6. The Labute approximate surface area is 433 Å². The van der Waals surface area contributed by atoms with E-state index >= 15 is 0 Å². The van der Waals surface area contributed by atoms with Gasteiger partial charge < -0.3 is 46.9 Å². The Bertz CT molecular complexity index is 3240. The molecular formula is C54H54BBrN2O8S4. The molecule has 0 bridgehead atoms. The van der Waals surface area contributed by atoms with Gasteiger partial charge in [0.15, 0.2) is 25.1 Å². The normalized spacial score (nSPS) is 13.9. The summed E-state index contributed by atoms with van der Waals surface area (Å²) in [4.78, 5) is 1.05. The summed E-state index contributed by atoms with van der Waals surface area (Å²) < 4.78 is 53.3. The average molecular weight is 1080 g/mol. The lowest BCUT2D eigenvalue weighted by atomic mass is 9.87. The first-order valence-electron chi connectivity index (χ1n) is 22.8. The molecule has 0 N–H and O–H groups in total. The van der Waals surface area contributed by atoms with Crippen LogP contribution in [0.4, 0.5) is 0 Å². The lowest BCUT2D eigenvalue weighted by molar-refractivity contribution is 0.00578. The predicted molar refractivity (Wildman–Crippen MR) is 296 cm³/mol. The van der Waals surface area contributed by atoms with Gasteiger partial charge in [0, 0.05) is 72.6 Å². The number of rotatable bonds is 14. The van der Waals surface area contributed by atoms with Gasteiger partial charge >= 0.3 is 7.12 Å². The fourth-order valence-corrected chi connectivity index (χ4v) is 12.5. The largest absolute Gasteiger partial charge is 0.509 e. The Balaban J connectivity index is 0.000000150. The van der Waals surface area contributed by atoms with Crippen LogP contribution in [0.5, 0.6) is 23.0 Å². The van der Waals surface area contributed by atoms with Gasteiger partial charge in [-0.15, -0.1) is 45.3 Å². The topological polar surface area (TPSA) is 83.7 Å². The van der Waals surface area contributed by atoms with Crippen LogP contribution in [0.3, 0.4) is 0 Å². The minimum absolute atomic E-state index is 0.171. The first kappa shape index (κ1) is 49.8. The molecule has 4 aromatic carbocycles. The van der Waals surface area contributed by atoms with Crippen LogP contribution in [-0.4, -0.2) is 68.5 Å². The predicted octanol–water partition coefficient (Wildman–Crippen LogP) is 15.0. The Morgan fingerprint density at radius 3 is 1.41 bits per heavy atom. The minimum Gasteiger partial charge on any atom is -0.495 e. The van der Waals surface area contributed by atoms with Crippen molar-refractivity contribution < 1.29 is 37.7 Å².